The quantitative estimate of drug-likeness (QED) is 0.905. The van der Waals surface area contributed by atoms with Crippen LogP contribution in [0.5, 0.6) is 0 Å². The molecule has 112 valence electrons. The number of carboxylic acid groups (broad SMARTS) is 1. The van der Waals surface area contributed by atoms with Crippen LogP contribution in [0.15, 0.2) is 23.2 Å². The summed E-state index contributed by atoms with van der Waals surface area (Å²) in [5, 5.41) is 7.58. The number of carboxylic acids is 1. The summed E-state index contributed by atoms with van der Waals surface area (Å²) in [6, 6.07) is 3.05. The van der Waals surface area contributed by atoms with Crippen LogP contribution in [0.3, 0.4) is 0 Å². The van der Waals surface area contributed by atoms with Crippen LogP contribution >= 0.6 is 0 Å². The molecule has 0 atom stereocenters. The Hall–Kier alpha value is -2.23. The average molecular weight is 320 g/mol. The Labute approximate surface area is 116 Å². The van der Waals surface area contributed by atoms with Crippen molar-refractivity contribution < 1.29 is 31.5 Å². The lowest BCUT2D eigenvalue weighted by Crippen LogP contribution is -2.17. The van der Waals surface area contributed by atoms with E-state index < -0.39 is 32.7 Å². The maximum Gasteiger partial charge on any atom is 0.436 e. The molecule has 1 heterocycles. The fraction of sp³-hybridized carbons (Fsp3) is 0.182. The van der Waals surface area contributed by atoms with Crippen molar-refractivity contribution >= 4 is 26.8 Å². The Kier molecular flexibility index (Phi) is 3.36. The first-order valence-electron chi connectivity index (χ1n) is 5.32. The molecular weight excluding hydrogens is 313 g/mol. The van der Waals surface area contributed by atoms with Crippen LogP contribution in [0.4, 0.5) is 13.2 Å². The van der Waals surface area contributed by atoms with E-state index in [4.69, 9.17) is 5.11 Å². The van der Waals surface area contributed by atoms with Crippen molar-refractivity contribution in [1.82, 2.24) is 9.97 Å². The maximum atomic E-state index is 12.9. The molecule has 2 rings (SSSR count). The number of aromatic nitrogens is 2. The van der Waals surface area contributed by atoms with Gasteiger partial charge in [-0.1, -0.05) is 0 Å². The zero-order chi connectivity index (χ0) is 16.0. The van der Waals surface area contributed by atoms with E-state index in [1.165, 1.54) is 0 Å². The number of hydrogen-bond acceptors (Lipinski definition) is 5. The molecule has 1 aromatic heterocycles. The summed E-state index contributed by atoms with van der Waals surface area (Å²) < 4.78 is 61.4. The van der Waals surface area contributed by atoms with Crippen molar-refractivity contribution in [3.05, 3.63) is 29.5 Å². The molecule has 0 radical (unpaired) electrons. The molecule has 10 heteroatoms. The number of fused-ring (bicyclic) bond motifs is 1. The topological polar surface area (TPSA) is 97.2 Å². The lowest BCUT2D eigenvalue weighted by molar-refractivity contribution is -0.143. The fourth-order valence-electron chi connectivity index (χ4n) is 1.61. The molecule has 0 bridgehead atoms. The first kappa shape index (κ1) is 15.2. The van der Waals surface area contributed by atoms with Gasteiger partial charge in [0.05, 0.1) is 16.6 Å². The maximum absolute atomic E-state index is 12.9. The largest absolute Gasteiger partial charge is 0.478 e. The minimum absolute atomic E-state index is 0.240. The van der Waals surface area contributed by atoms with Gasteiger partial charge in [0.25, 0.3) is 0 Å². The summed E-state index contributed by atoms with van der Waals surface area (Å²) >= 11 is 0. The number of rotatable bonds is 2. The van der Waals surface area contributed by atoms with E-state index in [9.17, 15) is 26.4 Å². The standard InChI is InChI=1S/C11H7F3N2O4S/c1-21(19,20)9-8(11(12,13)14)15-6-3-2-5(10(17)18)4-7(6)16-9/h2-4H,1H3,(H,17,18). The Morgan fingerprint density at radius 2 is 1.81 bits per heavy atom. The molecular formula is C11H7F3N2O4S. The Bertz CT molecular complexity index is 846. The second kappa shape index (κ2) is 4.65. The molecule has 0 saturated heterocycles. The van der Waals surface area contributed by atoms with E-state index in [2.05, 4.69) is 9.97 Å². The van der Waals surface area contributed by atoms with Gasteiger partial charge in [-0.05, 0) is 18.2 Å². The number of alkyl halides is 3. The minimum atomic E-state index is -4.99. The molecule has 0 fully saturated rings. The zero-order valence-corrected chi connectivity index (χ0v) is 11.2. The molecule has 21 heavy (non-hydrogen) atoms. The third-order valence-corrected chi connectivity index (χ3v) is 3.49. The summed E-state index contributed by atoms with van der Waals surface area (Å²) in [5.74, 6) is -1.32. The van der Waals surface area contributed by atoms with Gasteiger partial charge in [-0.15, -0.1) is 0 Å². The number of benzene rings is 1. The van der Waals surface area contributed by atoms with Crippen molar-refractivity contribution in [2.75, 3.05) is 6.26 Å². The van der Waals surface area contributed by atoms with Gasteiger partial charge in [-0.2, -0.15) is 13.2 Å². The number of aromatic carboxylic acids is 1. The van der Waals surface area contributed by atoms with E-state index in [0.29, 0.717) is 6.26 Å². The predicted molar refractivity (Wildman–Crippen MR) is 64.6 cm³/mol. The summed E-state index contributed by atoms with van der Waals surface area (Å²) in [6.45, 7) is 0. The van der Waals surface area contributed by atoms with Crippen LogP contribution in [0.1, 0.15) is 16.1 Å². The zero-order valence-electron chi connectivity index (χ0n) is 10.3. The molecule has 2 aromatic rings. The molecule has 6 nitrogen and oxygen atoms in total. The van der Waals surface area contributed by atoms with Gasteiger partial charge in [-0.25, -0.2) is 23.2 Å². The predicted octanol–water partition coefficient (Wildman–Crippen LogP) is 1.75. The molecule has 0 aliphatic heterocycles. The third kappa shape index (κ3) is 2.94. The van der Waals surface area contributed by atoms with Crippen LogP contribution in [-0.4, -0.2) is 35.7 Å². The average Bonchev–Trinajstić information content (AvgIpc) is 2.34. The molecule has 0 spiro atoms. The van der Waals surface area contributed by atoms with Crippen LogP contribution in [0.25, 0.3) is 11.0 Å². The minimum Gasteiger partial charge on any atom is -0.478 e. The SMILES string of the molecule is CS(=O)(=O)c1nc2cc(C(=O)O)ccc2nc1C(F)(F)F. The van der Waals surface area contributed by atoms with E-state index >= 15 is 0 Å². The number of sulfone groups is 1. The van der Waals surface area contributed by atoms with E-state index in [1.54, 1.807) is 0 Å². The number of hydrogen-bond donors (Lipinski definition) is 1. The van der Waals surface area contributed by atoms with Gasteiger partial charge >= 0.3 is 12.1 Å². The first-order valence-corrected chi connectivity index (χ1v) is 7.21. The van der Waals surface area contributed by atoms with Gasteiger partial charge in [0.1, 0.15) is 0 Å². The van der Waals surface area contributed by atoms with Crippen molar-refractivity contribution in [3.63, 3.8) is 0 Å². The van der Waals surface area contributed by atoms with Gasteiger partial charge in [-0.3, -0.25) is 0 Å². The van der Waals surface area contributed by atoms with Gasteiger partial charge in [0.2, 0.25) is 0 Å². The van der Waals surface area contributed by atoms with Crippen molar-refractivity contribution in [3.8, 4) is 0 Å². The second-order valence-corrected chi connectivity index (χ2v) is 6.09. The van der Waals surface area contributed by atoms with Crippen LogP contribution < -0.4 is 0 Å². The summed E-state index contributed by atoms with van der Waals surface area (Å²) in [4.78, 5) is 17.5. The van der Waals surface area contributed by atoms with Crippen LogP contribution in [-0.2, 0) is 16.0 Å². The van der Waals surface area contributed by atoms with E-state index in [1.807, 2.05) is 0 Å². The molecule has 0 aliphatic carbocycles. The highest BCUT2D eigenvalue weighted by molar-refractivity contribution is 7.90. The highest BCUT2D eigenvalue weighted by atomic mass is 32.2. The molecule has 1 aromatic carbocycles. The summed E-state index contributed by atoms with van der Waals surface area (Å²) in [7, 11) is -4.28. The molecule has 0 unspecified atom stereocenters. The van der Waals surface area contributed by atoms with E-state index in [0.717, 1.165) is 18.2 Å². The van der Waals surface area contributed by atoms with Crippen molar-refractivity contribution in [2.45, 2.75) is 11.2 Å². The number of carbonyl (C=O) groups is 1. The van der Waals surface area contributed by atoms with Crippen molar-refractivity contribution in [1.29, 1.82) is 0 Å². The van der Waals surface area contributed by atoms with Crippen LogP contribution in [0, 0.1) is 0 Å². The first-order chi connectivity index (χ1) is 9.50. The summed E-state index contributed by atoms with van der Waals surface area (Å²) in [6.07, 6.45) is -4.43. The third-order valence-electron chi connectivity index (χ3n) is 2.50. The lowest BCUT2D eigenvalue weighted by atomic mass is 10.2. The molecule has 0 saturated carbocycles. The second-order valence-electron chi connectivity index (χ2n) is 4.16. The van der Waals surface area contributed by atoms with Crippen molar-refractivity contribution in [2.24, 2.45) is 0 Å². The van der Waals surface area contributed by atoms with Gasteiger partial charge in [0.15, 0.2) is 20.6 Å². The van der Waals surface area contributed by atoms with Gasteiger partial charge in [0, 0.05) is 6.26 Å². The highest BCUT2D eigenvalue weighted by Gasteiger charge is 2.39. The monoisotopic (exact) mass is 320 g/mol. The Morgan fingerprint density at radius 1 is 1.19 bits per heavy atom. The molecule has 1 N–H and O–H groups in total. The smallest absolute Gasteiger partial charge is 0.436 e. The van der Waals surface area contributed by atoms with E-state index in [-0.39, 0.29) is 16.6 Å². The lowest BCUT2D eigenvalue weighted by Gasteiger charge is -2.11. The Morgan fingerprint density at radius 3 is 2.29 bits per heavy atom. The Balaban J connectivity index is 2.87. The summed E-state index contributed by atoms with van der Waals surface area (Å²) in [5.41, 5.74) is -2.36. The molecule has 0 aliphatic rings. The normalized spacial score (nSPS) is 12.6. The highest BCUT2D eigenvalue weighted by Crippen LogP contribution is 2.33. The number of nitrogens with zero attached hydrogens (tertiary/aromatic N) is 2. The molecule has 0 amide bonds. The number of halogens is 3. The van der Waals surface area contributed by atoms with Gasteiger partial charge < -0.3 is 5.11 Å². The van der Waals surface area contributed by atoms with Crippen LogP contribution in [0.2, 0.25) is 0 Å². The fourth-order valence-corrected chi connectivity index (χ4v) is 2.39.